The first kappa shape index (κ1) is 15.7. The van der Waals surface area contributed by atoms with Gasteiger partial charge in [0.25, 0.3) is 5.91 Å². The van der Waals surface area contributed by atoms with Crippen molar-refractivity contribution in [2.45, 2.75) is 54.3 Å². The molecule has 1 aromatic carbocycles. The minimum absolute atomic E-state index is 0.0204. The largest absolute Gasteiger partial charge is 0.349 e. The molecule has 0 bridgehead atoms. The topological polar surface area (TPSA) is 42.0 Å². The number of pyridine rings is 1. The summed E-state index contributed by atoms with van der Waals surface area (Å²) in [4.78, 5) is 17.2. The molecule has 1 N–H and O–H groups in total. The minimum Gasteiger partial charge on any atom is -0.349 e. The van der Waals surface area contributed by atoms with Crippen molar-refractivity contribution in [3.63, 3.8) is 0 Å². The molecule has 1 heterocycles. The van der Waals surface area contributed by atoms with Crippen LogP contribution in [0.2, 0.25) is 0 Å². The van der Waals surface area contributed by atoms with Gasteiger partial charge in [0, 0.05) is 23.4 Å². The van der Waals surface area contributed by atoms with Gasteiger partial charge in [0.2, 0.25) is 0 Å². The molecule has 2 saturated carbocycles. The Morgan fingerprint density at radius 3 is 2.67 bits per heavy atom. The molecule has 0 spiro atoms. The normalized spacial score (nSPS) is 23.2. The van der Waals surface area contributed by atoms with Gasteiger partial charge in [-0.3, -0.25) is 4.79 Å². The number of carbonyl (C=O) groups excluding carboxylic acids is 1. The van der Waals surface area contributed by atoms with E-state index in [1.54, 1.807) is 18.0 Å². The van der Waals surface area contributed by atoms with E-state index in [1.807, 2.05) is 18.2 Å². The monoisotopic (exact) mass is 338 g/mol. The maximum Gasteiger partial charge on any atom is 0.254 e. The van der Waals surface area contributed by atoms with Gasteiger partial charge in [0.05, 0.1) is 5.56 Å². The first-order valence-electron chi connectivity index (χ1n) is 8.79. The van der Waals surface area contributed by atoms with Crippen molar-refractivity contribution < 1.29 is 4.79 Å². The van der Waals surface area contributed by atoms with Gasteiger partial charge in [-0.2, -0.15) is 0 Å². The maximum atomic E-state index is 12.7. The van der Waals surface area contributed by atoms with Crippen molar-refractivity contribution in [1.82, 2.24) is 10.3 Å². The second-order valence-electron chi connectivity index (χ2n) is 6.71. The molecule has 4 heteroatoms. The van der Waals surface area contributed by atoms with Crippen molar-refractivity contribution in [2.24, 2.45) is 0 Å². The summed E-state index contributed by atoms with van der Waals surface area (Å²) < 4.78 is 0. The molecule has 2 aliphatic rings. The molecule has 2 aromatic rings. The Balaban J connectivity index is 1.42. The number of benzene rings is 1. The summed E-state index contributed by atoms with van der Waals surface area (Å²) in [7, 11) is 0. The van der Waals surface area contributed by atoms with Crippen LogP contribution in [0, 0.1) is 0 Å². The van der Waals surface area contributed by atoms with E-state index in [2.05, 4.69) is 34.6 Å². The smallest absolute Gasteiger partial charge is 0.254 e. The van der Waals surface area contributed by atoms with Crippen molar-refractivity contribution in [1.29, 1.82) is 0 Å². The summed E-state index contributed by atoms with van der Waals surface area (Å²) in [5.74, 6) is 0.477. The minimum atomic E-state index is 0.0204. The van der Waals surface area contributed by atoms with Crippen molar-refractivity contribution in [2.75, 3.05) is 0 Å². The lowest BCUT2D eigenvalue weighted by Crippen LogP contribution is -2.27. The second-order valence-corrected chi connectivity index (χ2v) is 8.00. The molecule has 4 rings (SSSR count). The Labute approximate surface area is 147 Å². The van der Waals surface area contributed by atoms with Crippen LogP contribution in [0.15, 0.2) is 53.7 Å². The van der Waals surface area contributed by atoms with Gasteiger partial charge >= 0.3 is 0 Å². The van der Waals surface area contributed by atoms with Crippen molar-refractivity contribution >= 4 is 17.7 Å². The van der Waals surface area contributed by atoms with E-state index < -0.39 is 0 Å². The van der Waals surface area contributed by atoms with Crippen LogP contribution in [0.3, 0.4) is 0 Å². The van der Waals surface area contributed by atoms with Gasteiger partial charge in [0.15, 0.2) is 0 Å². The van der Waals surface area contributed by atoms with Crippen LogP contribution in [0.4, 0.5) is 0 Å². The molecule has 2 fully saturated rings. The fourth-order valence-electron chi connectivity index (χ4n) is 3.49. The van der Waals surface area contributed by atoms with E-state index in [-0.39, 0.29) is 11.9 Å². The van der Waals surface area contributed by atoms with Crippen LogP contribution in [0.25, 0.3) is 0 Å². The summed E-state index contributed by atoms with van der Waals surface area (Å²) in [5, 5.41) is 4.69. The summed E-state index contributed by atoms with van der Waals surface area (Å²) >= 11 is 1.78. The lowest BCUT2D eigenvalue weighted by molar-refractivity contribution is 0.0946. The zero-order valence-electron chi connectivity index (χ0n) is 13.7. The third-order valence-corrected chi connectivity index (χ3v) is 6.28. The molecule has 2 aliphatic carbocycles. The number of hydrogen-bond acceptors (Lipinski definition) is 3. The molecule has 1 amide bonds. The molecular weight excluding hydrogens is 316 g/mol. The van der Waals surface area contributed by atoms with E-state index in [9.17, 15) is 4.79 Å². The third-order valence-electron chi connectivity index (χ3n) is 4.93. The SMILES string of the molecule is O=C(N[C@H]1C[C@H]1c1ccccc1)c1cccnc1SC1CCCC1. The first-order chi connectivity index (χ1) is 11.8. The van der Waals surface area contributed by atoms with E-state index in [4.69, 9.17) is 0 Å². The third kappa shape index (κ3) is 3.48. The van der Waals surface area contributed by atoms with Gasteiger partial charge in [-0.05, 0) is 37.0 Å². The lowest BCUT2D eigenvalue weighted by atomic mass is 10.1. The van der Waals surface area contributed by atoms with Gasteiger partial charge in [0.1, 0.15) is 5.03 Å². The Kier molecular flexibility index (Phi) is 4.56. The zero-order valence-corrected chi connectivity index (χ0v) is 14.5. The van der Waals surface area contributed by atoms with Crippen LogP contribution >= 0.6 is 11.8 Å². The Morgan fingerprint density at radius 2 is 1.88 bits per heavy atom. The van der Waals surface area contributed by atoms with Crippen molar-refractivity contribution in [3.05, 3.63) is 59.8 Å². The molecule has 0 unspecified atom stereocenters. The highest BCUT2D eigenvalue weighted by Crippen LogP contribution is 2.41. The average Bonchev–Trinajstić information content (AvgIpc) is 3.19. The number of amides is 1. The van der Waals surface area contributed by atoms with Crippen molar-refractivity contribution in [3.8, 4) is 0 Å². The lowest BCUT2D eigenvalue weighted by Gasteiger charge is -2.12. The number of thioether (sulfide) groups is 1. The highest BCUT2D eigenvalue weighted by atomic mass is 32.2. The van der Waals surface area contributed by atoms with Gasteiger partial charge in [-0.25, -0.2) is 4.98 Å². The predicted octanol–water partition coefficient (Wildman–Crippen LogP) is 4.40. The maximum absolute atomic E-state index is 12.7. The second kappa shape index (κ2) is 6.98. The molecule has 2 atom stereocenters. The number of hydrogen-bond donors (Lipinski definition) is 1. The van der Waals surface area contributed by atoms with Gasteiger partial charge < -0.3 is 5.32 Å². The summed E-state index contributed by atoms with van der Waals surface area (Å²) in [6.07, 6.45) is 7.89. The number of rotatable bonds is 5. The van der Waals surface area contributed by atoms with Crippen LogP contribution in [0.1, 0.15) is 53.9 Å². The highest BCUT2D eigenvalue weighted by molar-refractivity contribution is 7.99. The van der Waals surface area contributed by atoms with Crippen LogP contribution in [0.5, 0.6) is 0 Å². The van der Waals surface area contributed by atoms with Gasteiger partial charge in [-0.1, -0.05) is 43.2 Å². The predicted molar refractivity (Wildman–Crippen MR) is 97.4 cm³/mol. The van der Waals surface area contributed by atoms with Crippen LogP contribution < -0.4 is 5.32 Å². The Bertz CT molecular complexity index is 713. The first-order valence-corrected chi connectivity index (χ1v) is 9.67. The number of carbonyl (C=O) groups is 1. The Hall–Kier alpha value is -1.81. The van der Waals surface area contributed by atoms with E-state index in [0.717, 1.165) is 17.0 Å². The molecule has 1 aromatic heterocycles. The van der Waals surface area contributed by atoms with Gasteiger partial charge in [-0.15, -0.1) is 11.8 Å². The number of nitrogens with zero attached hydrogens (tertiary/aromatic N) is 1. The van der Waals surface area contributed by atoms with E-state index in [1.165, 1.54) is 31.2 Å². The summed E-state index contributed by atoms with van der Waals surface area (Å²) in [6.45, 7) is 0. The van der Waals surface area contributed by atoms with Crippen LogP contribution in [-0.2, 0) is 0 Å². The number of aromatic nitrogens is 1. The fraction of sp³-hybridized carbons (Fsp3) is 0.400. The van der Waals surface area contributed by atoms with E-state index >= 15 is 0 Å². The molecule has 0 saturated heterocycles. The van der Waals surface area contributed by atoms with E-state index in [0.29, 0.717) is 11.2 Å². The molecular formula is C20H22N2OS. The average molecular weight is 338 g/mol. The number of nitrogens with one attached hydrogen (secondary N) is 1. The quantitative estimate of drug-likeness (QED) is 0.878. The molecule has 0 aliphatic heterocycles. The Morgan fingerprint density at radius 1 is 1.08 bits per heavy atom. The zero-order chi connectivity index (χ0) is 16.4. The molecule has 24 heavy (non-hydrogen) atoms. The summed E-state index contributed by atoms with van der Waals surface area (Å²) in [6, 6.07) is 14.4. The standard InChI is InChI=1S/C20H22N2OS/c23-19(22-18-13-17(18)14-7-2-1-3-8-14)16-11-6-12-21-20(16)24-15-9-4-5-10-15/h1-3,6-8,11-12,15,17-18H,4-5,9-10,13H2,(H,22,23)/t17-,18-/m0/s1. The molecule has 124 valence electrons. The summed E-state index contributed by atoms with van der Waals surface area (Å²) in [5.41, 5.74) is 2.04. The fourth-order valence-corrected chi connectivity index (χ4v) is 4.79. The molecule has 0 radical (unpaired) electrons. The van der Waals surface area contributed by atoms with Crippen LogP contribution in [-0.4, -0.2) is 22.2 Å². The molecule has 3 nitrogen and oxygen atoms in total. The highest BCUT2D eigenvalue weighted by Gasteiger charge is 2.39.